The van der Waals surface area contributed by atoms with Gasteiger partial charge in [-0.15, -0.1) is 0 Å². The highest BCUT2D eigenvalue weighted by atomic mass is 19.1. The lowest BCUT2D eigenvalue weighted by Crippen LogP contribution is -2.41. The van der Waals surface area contributed by atoms with E-state index in [4.69, 9.17) is 0 Å². The van der Waals surface area contributed by atoms with E-state index in [1.54, 1.807) is 12.1 Å². The van der Waals surface area contributed by atoms with Crippen molar-refractivity contribution < 1.29 is 9.50 Å². The molecular weight excluding hydrogens is 217 g/mol. The van der Waals surface area contributed by atoms with Gasteiger partial charge in [0.25, 0.3) is 0 Å². The second-order valence-corrected chi connectivity index (χ2v) is 5.06. The largest absolute Gasteiger partial charge is 0.390 e. The van der Waals surface area contributed by atoms with Gasteiger partial charge in [-0.2, -0.15) is 0 Å². The topological polar surface area (TPSA) is 32.3 Å². The summed E-state index contributed by atoms with van der Waals surface area (Å²) >= 11 is 0. The van der Waals surface area contributed by atoms with Crippen LogP contribution in [0.25, 0.3) is 0 Å². The van der Waals surface area contributed by atoms with Gasteiger partial charge in [-0.1, -0.05) is 18.2 Å². The summed E-state index contributed by atoms with van der Waals surface area (Å²) in [6.07, 6.45) is 3.83. The molecule has 0 bridgehead atoms. The highest BCUT2D eigenvalue weighted by Crippen LogP contribution is 2.31. The summed E-state index contributed by atoms with van der Waals surface area (Å²) in [5.74, 6) is -0.211. The molecule has 0 aromatic heterocycles. The monoisotopic (exact) mass is 237 g/mol. The van der Waals surface area contributed by atoms with E-state index in [1.165, 1.54) is 6.07 Å². The normalized spacial score (nSPS) is 29.2. The number of nitrogens with one attached hydrogen (secondary N) is 1. The van der Waals surface area contributed by atoms with Crippen LogP contribution in [0.15, 0.2) is 24.3 Å². The van der Waals surface area contributed by atoms with Crippen LogP contribution in [-0.2, 0) is 6.42 Å². The molecule has 0 spiro atoms. The number of hydrogen-bond donors (Lipinski definition) is 2. The molecule has 1 fully saturated rings. The number of benzene rings is 1. The SMILES string of the molecule is CNC1CCC(O)(Cc2ccccc2F)CC1. The van der Waals surface area contributed by atoms with Crippen molar-refractivity contribution in [1.29, 1.82) is 0 Å². The van der Waals surface area contributed by atoms with Crippen molar-refractivity contribution in [2.75, 3.05) is 7.05 Å². The average molecular weight is 237 g/mol. The molecule has 0 heterocycles. The minimum absolute atomic E-state index is 0.211. The van der Waals surface area contributed by atoms with Crippen molar-refractivity contribution >= 4 is 0 Å². The Morgan fingerprint density at radius 3 is 2.59 bits per heavy atom. The Balaban J connectivity index is 2.01. The van der Waals surface area contributed by atoms with Crippen LogP contribution in [0.2, 0.25) is 0 Å². The van der Waals surface area contributed by atoms with Crippen LogP contribution >= 0.6 is 0 Å². The molecule has 1 aliphatic carbocycles. The molecule has 2 rings (SSSR count). The summed E-state index contributed by atoms with van der Waals surface area (Å²) in [5, 5.41) is 13.7. The van der Waals surface area contributed by atoms with E-state index in [-0.39, 0.29) is 5.82 Å². The van der Waals surface area contributed by atoms with Crippen LogP contribution in [0.1, 0.15) is 31.2 Å². The first-order chi connectivity index (χ1) is 8.13. The van der Waals surface area contributed by atoms with Crippen molar-refractivity contribution in [1.82, 2.24) is 5.32 Å². The van der Waals surface area contributed by atoms with Crippen LogP contribution < -0.4 is 5.32 Å². The Hall–Kier alpha value is -0.930. The average Bonchev–Trinajstić information content (AvgIpc) is 2.33. The number of halogens is 1. The third-order valence-corrected chi connectivity index (χ3v) is 3.80. The second kappa shape index (κ2) is 5.15. The van der Waals surface area contributed by atoms with Crippen LogP contribution in [0, 0.1) is 5.82 Å². The number of hydrogen-bond acceptors (Lipinski definition) is 2. The summed E-state index contributed by atoms with van der Waals surface area (Å²) in [6.45, 7) is 0. The third kappa shape index (κ3) is 3.05. The van der Waals surface area contributed by atoms with E-state index < -0.39 is 5.60 Å². The van der Waals surface area contributed by atoms with Gasteiger partial charge in [0.15, 0.2) is 0 Å². The first-order valence-electron chi connectivity index (χ1n) is 6.26. The smallest absolute Gasteiger partial charge is 0.126 e. The summed E-state index contributed by atoms with van der Waals surface area (Å²) < 4.78 is 13.5. The standard InChI is InChI=1S/C14H20FNO/c1-16-12-6-8-14(17,9-7-12)10-11-4-2-3-5-13(11)15/h2-5,12,16-17H,6-10H2,1H3. The lowest BCUT2D eigenvalue weighted by Gasteiger charge is -2.36. The van der Waals surface area contributed by atoms with Crippen molar-refractivity contribution in [3.05, 3.63) is 35.6 Å². The van der Waals surface area contributed by atoms with Crippen LogP contribution in [0.3, 0.4) is 0 Å². The third-order valence-electron chi connectivity index (χ3n) is 3.80. The van der Waals surface area contributed by atoms with Gasteiger partial charge in [0, 0.05) is 12.5 Å². The highest BCUT2D eigenvalue weighted by molar-refractivity contribution is 5.19. The Bertz CT molecular complexity index is 372. The highest BCUT2D eigenvalue weighted by Gasteiger charge is 2.33. The molecule has 0 atom stereocenters. The molecule has 0 aliphatic heterocycles. The Morgan fingerprint density at radius 2 is 2.00 bits per heavy atom. The lowest BCUT2D eigenvalue weighted by molar-refractivity contribution is -0.00308. The molecule has 1 aromatic carbocycles. The quantitative estimate of drug-likeness (QED) is 0.845. The van der Waals surface area contributed by atoms with Crippen LogP contribution in [0.5, 0.6) is 0 Å². The van der Waals surface area contributed by atoms with Crippen molar-refractivity contribution in [3.63, 3.8) is 0 Å². The molecule has 0 amide bonds. The molecule has 0 unspecified atom stereocenters. The Morgan fingerprint density at radius 1 is 1.35 bits per heavy atom. The lowest BCUT2D eigenvalue weighted by atomic mass is 9.78. The van der Waals surface area contributed by atoms with E-state index in [2.05, 4.69) is 5.32 Å². The zero-order chi connectivity index (χ0) is 12.3. The molecule has 1 saturated carbocycles. The van der Waals surface area contributed by atoms with Gasteiger partial charge in [-0.3, -0.25) is 0 Å². The van der Waals surface area contributed by atoms with E-state index in [0.717, 1.165) is 25.7 Å². The maximum Gasteiger partial charge on any atom is 0.126 e. The molecule has 2 N–H and O–H groups in total. The Labute approximate surface area is 102 Å². The van der Waals surface area contributed by atoms with Crippen molar-refractivity contribution in [2.45, 2.75) is 43.7 Å². The molecular formula is C14H20FNO. The van der Waals surface area contributed by atoms with E-state index in [9.17, 15) is 9.50 Å². The second-order valence-electron chi connectivity index (χ2n) is 5.06. The van der Waals surface area contributed by atoms with Gasteiger partial charge in [0.05, 0.1) is 5.60 Å². The zero-order valence-corrected chi connectivity index (χ0v) is 10.2. The van der Waals surface area contributed by atoms with E-state index >= 15 is 0 Å². The Kier molecular flexibility index (Phi) is 3.79. The van der Waals surface area contributed by atoms with Crippen molar-refractivity contribution in [2.24, 2.45) is 0 Å². The molecule has 1 aromatic rings. The molecule has 1 aliphatic rings. The van der Waals surface area contributed by atoms with Crippen LogP contribution in [-0.4, -0.2) is 23.8 Å². The molecule has 0 radical (unpaired) electrons. The summed E-state index contributed by atoms with van der Waals surface area (Å²) in [6, 6.07) is 7.22. The van der Waals surface area contributed by atoms with Gasteiger partial charge in [-0.25, -0.2) is 4.39 Å². The molecule has 0 saturated heterocycles. The van der Waals surface area contributed by atoms with Gasteiger partial charge in [0.2, 0.25) is 0 Å². The number of aliphatic hydroxyl groups is 1. The zero-order valence-electron chi connectivity index (χ0n) is 10.2. The molecule has 94 valence electrons. The van der Waals surface area contributed by atoms with Gasteiger partial charge in [0.1, 0.15) is 5.82 Å². The fourth-order valence-corrected chi connectivity index (χ4v) is 2.62. The molecule has 3 heteroatoms. The minimum Gasteiger partial charge on any atom is -0.390 e. The van der Waals surface area contributed by atoms with Crippen molar-refractivity contribution in [3.8, 4) is 0 Å². The fraction of sp³-hybridized carbons (Fsp3) is 0.571. The summed E-state index contributed by atoms with van der Waals surface area (Å²) in [7, 11) is 1.95. The number of rotatable bonds is 3. The first kappa shape index (κ1) is 12.5. The maximum atomic E-state index is 13.5. The van der Waals surface area contributed by atoms with Gasteiger partial charge in [-0.05, 0) is 44.4 Å². The fourth-order valence-electron chi connectivity index (χ4n) is 2.62. The minimum atomic E-state index is -0.727. The first-order valence-corrected chi connectivity index (χ1v) is 6.26. The molecule has 17 heavy (non-hydrogen) atoms. The summed E-state index contributed by atoms with van der Waals surface area (Å²) in [5.41, 5.74) is -0.104. The van der Waals surface area contributed by atoms with Gasteiger partial charge < -0.3 is 10.4 Å². The summed E-state index contributed by atoms with van der Waals surface area (Å²) in [4.78, 5) is 0. The predicted octanol–water partition coefficient (Wildman–Crippen LogP) is 2.26. The predicted molar refractivity (Wildman–Crippen MR) is 66.4 cm³/mol. The van der Waals surface area contributed by atoms with Gasteiger partial charge >= 0.3 is 0 Å². The van der Waals surface area contributed by atoms with Crippen LogP contribution in [0.4, 0.5) is 4.39 Å². The van der Waals surface area contributed by atoms with E-state index in [1.807, 2.05) is 13.1 Å². The van der Waals surface area contributed by atoms with E-state index in [0.29, 0.717) is 18.0 Å². The molecule has 2 nitrogen and oxygen atoms in total. The maximum absolute atomic E-state index is 13.5.